The smallest absolute Gasteiger partial charge is 0.317 e. The van der Waals surface area contributed by atoms with E-state index in [1.165, 1.54) is 0 Å². The van der Waals surface area contributed by atoms with Crippen molar-refractivity contribution >= 4 is 11.9 Å². The lowest BCUT2D eigenvalue weighted by Gasteiger charge is -2.37. The second kappa shape index (κ2) is 9.32. The van der Waals surface area contributed by atoms with E-state index in [0.29, 0.717) is 36.7 Å². The van der Waals surface area contributed by atoms with E-state index in [4.69, 9.17) is 9.84 Å². The highest BCUT2D eigenvalue weighted by molar-refractivity contribution is 5.94. The number of rotatable bonds is 7. The molecule has 1 aromatic heterocycles. The number of carboxylic acid groups (broad SMARTS) is 1. The summed E-state index contributed by atoms with van der Waals surface area (Å²) in [6.07, 6.45) is 4.86. The topological polar surface area (TPSA) is 83.0 Å². The Bertz CT molecular complexity index is 804. The summed E-state index contributed by atoms with van der Waals surface area (Å²) in [5.41, 5.74) is 0.586. The molecular formula is C21H25N3O4. The lowest BCUT2D eigenvalue weighted by Crippen LogP contribution is -2.48. The van der Waals surface area contributed by atoms with Crippen molar-refractivity contribution < 1.29 is 19.4 Å². The molecule has 1 aromatic carbocycles. The molecule has 148 valence electrons. The van der Waals surface area contributed by atoms with Crippen molar-refractivity contribution in [2.75, 3.05) is 26.2 Å². The SMILES string of the molecule is CCN(CC(=O)O)C1CCN(C(=O)c2cccc(Oc3ccncc3)c2)CC1. The minimum Gasteiger partial charge on any atom is -0.480 e. The number of nitrogens with zero attached hydrogens (tertiary/aromatic N) is 3. The van der Waals surface area contributed by atoms with Gasteiger partial charge in [-0.15, -0.1) is 0 Å². The molecule has 1 fully saturated rings. The summed E-state index contributed by atoms with van der Waals surface area (Å²) in [4.78, 5) is 31.6. The molecule has 2 heterocycles. The molecule has 0 radical (unpaired) electrons. The zero-order valence-corrected chi connectivity index (χ0v) is 16.0. The van der Waals surface area contributed by atoms with Crippen molar-refractivity contribution in [3.8, 4) is 11.5 Å². The number of aromatic nitrogens is 1. The van der Waals surface area contributed by atoms with Crippen molar-refractivity contribution in [1.29, 1.82) is 0 Å². The average molecular weight is 383 g/mol. The van der Waals surface area contributed by atoms with Gasteiger partial charge in [-0.25, -0.2) is 0 Å². The first kappa shape index (κ1) is 19.8. The molecule has 1 aliphatic rings. The van der Waals surface area contributed by atoms with Crippen LogP contribution < -0.4 is 4.74 Å². The fourth-order valence-electron chi connectivity index (χ4n) is 3.52. The monoisotopic (exact) mass is 383 g/mol. The summed E-state index contributed by atoms with van der Waals surface area (Å²) in [6.45, 7) is 3.95. The van der Waals surface area contributed by atoms with E-state index in [2.05, 4.69) is 4.98 Å². The number of amides is 1. The van der Waals surface area contributed by atoms with Crippen molar-refractivity contribution in [2.45, 2.75) is 25.8 Å². The van der Waals surface area contributed by atoms with E-state index in [0.717, 1.165) is 12.8 Å². The number of likely N-dealkylation sites (N-methyl/N-ethyl adjacent to an activating group) is 1. The fourth-order valence-corrected chi connectivity index (χ4v) is 3.52. The highest BCUT2D eigenvalue weighted by Gasteiger charge is 2.27. The molecule has 0 atom stereocenters. The molecular weight excluding hydrogens is 358 g/mol. The molecule has 0 unspecified atom stereocenters. The van der Waals surface area contributed by atoms with E-state index in [1.54, 1.807) is 36.7 Å². The first-order valence-corrected chi connectivity index (χ1v) is 9.50. The van der Waals surface area contributed by atoms with Crippen molar-refractivity contribution in [3.05, 3.63) is 54.4 Å². The maximum absolute atomic E-state index is 12.9. The Balaban J connectivity index is 1.61. The quantitative estimate of drug-likeness (QED) is 0.792. The summed E-state index contributed by atoms with van der Waals surface area (Å²) in [5, 5.41) is 9.04. The fraction of sp³-hybridized carbons (Fsp3) is 0.381. The molecule has 7 nitrogen and oxygen atoms in total. The van der Waals surface area contributed by atoms with Crippen molar-refractivity contribution in [2.24, 2.45) is 0 Å². The number of benzene rings is 1. The van der Waals surface area contributed by atoms with Gasteiger partial charge in [-0.1, -0.05) is 13.0 Å². The first-order chi connectivity index (χ1) is 13.6. The normalized spacial score (nSPS) is 14.9. The number of piperidine rings is 1. The predicted molar refractivity (Wildman–Crippen MR) is 105 cm³/mol. The highest BCUT2D eigenvalue weighted by atomic mass is 16.5. The Kier molecular flexibility index (Phi) is 6.60. The second-order valence-corrected chi connectivity index (χ2v) is 6.79. The van der Waals surface area contributed by atoms with Crippen LogP contribution >= 0.6 is 0 Å². The number of hydrogen-bond donors (Lipinski definition) is 1. The molecule has 1 aliphatic heterocycles. The van der Waals surface area contributed by atoms with E-state index < -0.39 is 5.97 Å². The third kappa shape index (κ3) is 5.07. The van der Waals surface area contributed by atoms with Crippen LogP contribution in [-0.4, -0.2) is 64.0 Å². The average Bonchev–Trinajstić information content (AvgIpc) is 2.72. The molecule has 0 bridgehead atoms. The van der Waals surface area contributed by atoms with E-state index in [-0.39, 0.29) is 18.5 Å². The van der Waals surface area contributed by atoms with Crippen LogP contribution in [-0.2, 0) is 4.79 Å². The second-order valence-electron chi connectivity index (χ2n) is 6.79. The largest absolute Gasteiger partial charge is 0.480 e. The minimum atomic E-state index is -0.814. The lowest BCUT2D eigenvalue weighted by molar-refractivity contribution is -0.139. The maximum Gasteiger partial charge on any atom is 0.317 e. The molecule has 7 heteroatoms. The number of ether oxygens (including phenoxy) is 1. The summed E-state index contributed by atoms with van der Waals surface area (Å²) in [6, 6.07) is 10.9. The van der Waals surface area contributed by atoms with Crippen molar-refractivity contribution in [3.63, 3.8) is 0 Å². The van der Waals surface area contributed by atoms with Gasteiger partial charge in [-0.05, 0) is 49.7 Å². The zero-order valence-electron chi connectivity index (χ0n) is 16.0. The number of carbonyl (C=O) groups is 2. The van der Waals surface area contributed by atoms with E-state index >= 15 is 0 Å². The summed E-state index contributed by atoms with van der Waals surface area (Å²) < 4.78 is 5.78. The van der Waals surface area contributed by atoms with Gasteiger partial charge in [0.25, 0.3) is 5.91 Å². The van der Waals surface area contributed by atoms with Crippen LogP contribution in [0.4, 0.5) is 0 Å². The van der Waals surface area contributed by atoms with Crippen LogP contribution in [0, 0.1) is 0 Å². The zero-order chi connectivity index (χ0) is 19.9. The Morgan fingerprint density at radius 2 is 1.89 bits per heavy atom. The molecule has 1 amide bonds. The molecule has 0 saturated carbocycles. The van der Waals surface area contributed by atoms with E-state index in [1.807, 2.05) is 28.9 Å². The van der Waals surface area contributed by atoms with Gasteiger partial charge in [0.15, 0.2) is 0 Å². The summed E-state index contributed by atoms with van der Waals surface area (Å²) >= 11 is 0. The number of aliphatic carboxylic acids is 1. The van der Waals surface area contributed by atoms with E-state index in [9.17, 15) is 9.59 Å². The molecule has 1 saturated heterocycles. The number of carbonyl (C=O) groups excluding carboxylic acids is 1. The maximum atomic E-state index is 12.9. The van der Waals surface area contributed by atoms with Gasteiger partial charge in [0.05, 0.1) is 6.54 Å². The minimum absolute atomic E-state index is 0.0279. The highest BCUT2D eigenvalue weighted by Crippen LogP contribution is 2.23. The Morgan fingerprint density at radius 1 is 1.18 bits per heavy atom. The van der Waals surface area contributed by atoms with Crippen LogP contribution in [0.3, 0.4) is 0 Å². The van der Waals surface area contributed by atoms with Crippen LogP contribution in [0.1, 0.15) is 30.1 Å². The summed E-state index contributed by atoms with van der Waals surface area (Å²) in [5.74, 6) is 0.426. The third-order valence-electron chi connectivity index (χ3n) is 4.98. The summed E-state index contributed by atoms with van der Waals surface area (Å²) in [7, 11) is 0. The molecule has 2 aromatic rings. The van der Waals surface area contributed by atoms with Crippen LogP contribution in [0.25, 0.3) is 0 Å². The number of hydrogen-bond acceptors (Lipinski definition) is 5. The predicted octanol–water partition coefficient (Wildman–Crippen LogP) is 2.89. The third-order valence-corrected chi connectivity index (χ3v) is 4.98. The Hall–Kier alpha value is -2.93. The van der Waals surface area contributed by atoms with Gasteiger partial charge in [0.1, 0.15) is 11.5 Å². The van der Waals surface area contributed by atoms with Gasteiger partial charge in [-0.2, -0.15) is 0 Å². The van der Waals surface area contributed by atoms with Gasteiger partial charge < -0.3 is 14.7 Å². The van der Waals surface area contributed by atoms with Crippen LogP contribution in [0.5, 0.6) is 11.5 Å². The van der Waals surface area contributed by atoms with Gasteiger partial charge in [0.2, 0.25) is 0 Å². The van der Waals surface area contributed by atoms with Gasteiger partial charge >= 0.3 is 5.97 Å². The molecule has 0 spiro atoms. The lowest BCUT2D eigenvalue weighted by atomic mass is 10.0. The Morgan fingerprint density at radius 3 is 2.54 bits per heavy atom. The molecule has 28 heavy (non-hydrogen) atoms. The molecule has 3 rings (SSSR count). The number of carboxylic acids is 1. The number of pyridine rings is 1. The molecule has 1 N–H and O–H groups in total. The van der Waals surface area contributed by atoms with Crippen LogP contribution in [0.2, 0.25) is 0 Å². The van der Waals surface area contributed by atoms with Crippen LogP contribution in [0.15, 0.2) is 48.8 Å². The number of likely N-dealkylation sites (tertiary alicyclic amines) is 1. The first-order valence-electron chi connectivity index (χ1n) is 9.50. The standard InChI is InChI=1S/C21H25N3O4/c1-2-23(15-20(25)26)17-8-12-24(13-9-17)21(27)16-4-3-5-19(14-16)28-18-6-10-22-11-7-18/h3-7,10-11,14,17H,2,8-9,12-13,15H2,1H3,(H,25,26). The Labute approximate surface area is 164 Å². The van der Waals surface area contributed by atoms with Gasteiger partial charge in [-0.3, -0.25) is 19.5 Å². The van der Waals surface area contributed by atoms with Gasteiger partial charge in [0, 0.05) is 37.1 Å². The van der Waals surface area contributed by atoms with Crippen molar-refractivity contribution in [1.82, 2.24) is 14.8 Å². The molecule has 0 aliphatic carbocycles.